The standard InChI is InChI=1S/C24H19BrN4O2/c1-16-2-4-17(5-3-16)23-19(14-26-27-21-10-8-20(25)9-11-21)15-29(28-23)22-12-6-18(7-13-22)24(30)31/h2-15,27H,1H3,(H,30,31)/b26-14+. The summed E-state index contributed by atoms with van der Waals surface area (Å²) in [5, 5.41) is 18.2. The number of hydrogen-bond donors (Lipinski definition) is 2. The summed E-state index contributed by atoms with van der Waals surface area (Å²) in [5.74, 6) is -0.959. The number of halogens is 1. The minimum Gasteiger partial charge on any atom is -0.478 e. The van der Waals surface area contributed by atoms with Gasteiger partial charge < -0.3 is 5.11 Å². The van der Waals surface area contributed by atoms with E-state index in [1.165, 1.54) is 5.56 Å². The Morgan fingerprint density at radius 3 is 2.35 bits per heavy atom. The van der Waals surface area contributed by atoms with Crippen LogP contribution in [0.2, 0.25) is 0 Å². The Labute approximate surface area is 188 Å². The molecule has 0 saturated carbocycles. The highest BCUT2D eigenvalue weighted by Gasteiger charge is 2.12. The predicted octanol–water partition coefficient (Wildman–Crippen LogP) is 5.75. The van der Waals surface area contributed by atoms with E-state index in [0.29, 0.717) is 0 Å². The van der Waals surface area contributed by atoms with Crippen LogP contribution in [0.4, 0.5) is 5.69 Å². The van der Waals surface area contributed by atoms with Gasteiger partial charge in [0.2, 0.25) is 0 Å². The average molecular weight is 475 g/mol. The highest BCUT2D eigenvalue weighted by atomic mass is 79.9. The molecule has 0 fully saturated rings. The first-order chi connectivity index (χ1) is 15.0. The molecule has 0 aliphatic heterocycles. The van der Waals surface area contributed by atoms with Gasteiger partial charge in [-0.05, 0) is 55.5 Å². The molecule has 0 aliphatic rings. The number of nitrogens with one attached hydrogen (secondary N) is 1. The van der Waals surface area contributed by atoms with E-state index in [2.05, 4.69) is 26.5 Å². The molecule has 4 aromatic rings. The average Bonchev–Trinajstić information content (AvgIpc) is 3.20. The minimum absolute atomic E-state index is 0.232. The first-order valence-electron chi connectivity index (χ1n) is 9.55. The zero-order chi connectivity index (χ0) is 21.8. The van der Waals surface area contributed by atoms with Crippen LogP contribution in [0.15, 0.2) is 88.6 Å². The van der Waals surface area contributed by atoms with Crippen molar-refractivity contribution in [3.63, 3.8) is 0 Å². The number of hydrogen-bond acceptors (Lipinski definition) is 4. The molecule has 2 N–H and O–H groups in total. The zero-order valence-corrected chi connectivity index (χ0v) is 18.2. The summed E-state index contributed by atoms with van der Waals surface area (Å²) in [6, 6.07) is 22.4. The summed E-state index contributed by atoms with van der Waals surface area (Å²) in [4.78, 5) is 11.1. The Balaban J connectivity index is 1.67. The monoisotopic (exact) mass is 474 g/mol. The van der Waals surface area contributed by atoms with Crippen LogP contribution in [0.3, 0.4) is 0 Å². The van der Waals surface area contributed by atoms with E-state index in [1.54, 1.807) is 35.2 Å². The lowest BCUT2D eigenvalue weighted by Gasteiger charge is -2.02. The summed E-state index contributed by atoms with van der Waals surface area (Å²) in [6.45, 7) is 2.04. The van der Waals surface area contributed by atoms with Gasteiger partial charge in [0, 0.05) is 21.8 Å². The van der Waals surface area contributed by atoms with E-state index < -0.39 is 5.97 Å². The van der Waals surface area contributed by atoms with Crippen LogP contribution in [0, 0.1) is 6.92 Å². The van der Waals surface area contributed by atoms with Crippen LogP contribution >= 0.6 is 15.9 Å². The largest absolute Gasteiger partial charge is 0.478 e. The molecule has 1 heterocycles. The summed E-state index contributed by atoms with van der Waals surface area (Å²) >= 11 is 3.42. The highest BCUT2D eigenvalue weighted by molar-refractivity contribution is 9.10. The molecule has 0 aliphatic carbocycles. The normalized spacial score (nSPS) is 11.0. The number of carboxylic acids is 1. The number of carbonyl (C=O) groups is 1. The topological polar surface area (TPSA) is 79.5 Å². The fourth-order valence-corrected chi connectivity index (χ4v) is 3.27. The van der Waals surface area contributed by atoms with Gasteiger partial charge >= 0.3 is 5.97 Å². The van der Waals surface area contributed by atoms with Crippen LogP contribution < -0.4 is 5.43 Å². The molecule has 0 bridgehead atoms. The number of aryl methyl sites for hydroxylation is 1. The van der Waals surface area contributed by atoms with Crippen molar-refractivity contribution in [2.75, 3.05) is 5.43 Å². The molecule has 154 valence electrons. The lowest BCUT2D eigenvalue weighted by atomic mass is 10.1. The molecule has 7 heteroatoms. The number of carboxylic acid groups (broad SMARTS) is 1. The molecule has 0 saturated heterocycles. The molecule has 0 atom stereocenters. The van der Waals surface area contributed by atoms with Crippen LogP contribution in [0.1, 0.15) is 21.5 Å². The van der Waals surface area contributed by atoms with Crippen molar-refractivity contribution < 1.29 is 9.90 Å². The van der Waals surface area contributed by atoms with Crippen molar-refractivity contribution in [2.45, 2.75) is 6.92 Å². The molecule has 0 amide bonds. The van der Waals surface area contributed by atoms with Crippen molar-refractivity contribution in [3.8, 4) is 16.9 Å². The Hall–Kier alpha value is -3.71. The third-order valence-electron chi connectivity index (χ3n) is 4.69. The maximum absolute atomic E-state index is 11.1. The third kappa shape index (κ3) is 4.90. The number of aromatic nitrogens is 2. The minimum atomic E-state index is -0.959. The van der Waals surface area contributed by atoms with Gasteiger partial charge in [-0.3, -0.25) is 5.43 Å². The molecular formula is C24H19BrN4O2. The van der Waals surface area contributed by atoms with Crippen molar-refractivity contribution in [3.05, 3.63) is 100 Å². The number of nitrogens with zero attached hydrogens (tertiary/aromatic N) is 3. The Morgan fingerprint density at radius 1 is 1.03 bits per heavy atom. The number of anilines is 1. The maximum atomic E-state index is 11.1. The van der Waals surface area contributed by atoms with Gasteiger partial charge in [-0.1, -0.05) is 45.8 Å². The van der Waals surface area contributed by atoms with E-state index in [9.17, 15) is 4.79 Å². The maximum Gasteiger partial charge on any atom is 0.335 e. The van der Waals surface area contributed by atoms with Gasteiger partial charge in [-0.15, -0.1) is 0 Å². The second kappa shape index (κ2) is 8.97. The van der Waals surface area contributed by atoms with Gasteiger partial charge in [0.15, 0.2) is 0 Å². The predicted molar refractivity (Wildman–Crippen MR) is 126 cm³/mol. The van der Waals surface area contributed by atoms with Crippen LogP contribution in [-0.4, -0.2) is 27.1 Å². The second-order valence-electron chi connectivity index (χ2n) is 6.97. The first kappa shape index (κ1) is 20.6. The lowest BCUT2D eigenvalue weighted by Crippen LogP contribution is -1.99. The summed E-state index contributed by atoms with van der Waals surface area (Å²) < 4.78 is 2.72. The van der Waals surface area contributed by atoms with E-state index in [4.69, 9.17) is 10.2 Å². The molecular weight excluding hydrogens is 456 g/mol. The summed E-state index contributed by atoms with van der Waals surface area (Å²) in [7, 11) is 0. The van der Waals surface area contributed by atoms with Gasteiger partial charge in [0.05, 0.1) is 23.2 Å². The highest BCUT2D eigenvalue weighted by Crippen LogP contribution is 2.23. The molecule has 6 nitrogen and oxygen atoms in total. The lowest BCUT2D eigenvalue weighted by molar-refractivity contribution is 0.0697. The van der Waals surface area contributed by atoms with Gasteiger partial charge in [-0.25, -0.2) is 9.48 Å². The smallest absolute Gasteiger partial charge is 0.335 e. The van der Waals surface area contributed by atoms with Gasteiger partial charge in [-0.2, -0.15) is 10.2 Å². The molecule has 4 rings (SSSR count). The van der Waals surface area contributed by atoms with Crippen LogP contribution in [-0.2, 0) is 0 Å². The number of benzene rings is 3. The fourth-order valence-electron chi connectivity index (χ4n) is 3.01. The van der Waals surface area contributed by atoms with E-state index in [0.717, 1.165) is 32.7 Å². The fraction of sp³-hybridized carbons (Fsp3) is 0.0417. The Bertz CT molecular complexity index is 1230. The molecule has 0 radical (unpaired) electrons. The Kier molecular flexibility index (Phi) is 5.95. The van der Waals surface area contributed by atoms with E-state index >= 15 is 0 Å². The van der Waals surface area contributed by atoms with Crippen LogP contribution in [0.5, 0.6) is 0 Å². The van der Waals surface area contributed by atoms with Crippen LogP contribution in [0.25, 0.3) is 16.9 Å². The third-order valence-corrected chi connectivity index (χ3v) is 5.22. The zero-order valence-electron chi connectivity index (χ0n) is 16.7. The van der Waals surface area contributed by atoms with Crippen molar-refractivity contribution in [2.24, 2.45) is 5.10 Å². The Morgan fingerprint density at radius 2 is 1.71 bits per heavy atom. The van der Waals surface area contributed by atoms with Crippen molar-refractivity contribution >= 4 is 33.8 Å². The summed E-state index contributed by atoms with van der Waals surface area (Å²) in [5.41, 5.74) is 8.63. The SMILES string of the molecule is Cc1ccc(-c2nn(-c3ccc(C(=O)O)cc3)cc2/C=N/Nc2ccc(Br)cc2)cc1. The molecule has 31 heavy (non-hydrogen) atoms. The molecule has 1 aromatic heterocycles. The molecule has 0 spiro atoms. The second-order valence-corrected chi connectivity index (χ2v) is 7.89. The first-order valence-corrected chi connectivity index (χ1v) is 10.3. The summed E-state index contributed by atoms with van der Waals surface area (Å²) in [6.07, 6.45) is 3.60. The van der Waals surface area contributed by atoms with Crippen molar-refractivity contribution in [1.82, 2.24) is 9.78 Å². The number of hydrazone groups is 1. The molecule has 0 unspecified atom stereocenters. The number of aromatic carboxylic acids is 1. The van der Waals surface area contributed by atoms with Gasteiger partial charge in [0.25, 0.3) is 0 Å². The molecule has 3 aromatic carbocycles. The van der Waals surface area contributed by atoms with E-state index in [1.807, 2.05) is 61.7 Å². The quantitative estimate of drug-likeness (QED) is 0.275. The number of rotatable bonds is 6. The van der Waals surface area contributed by atoms with Gasteiger partial charge in [0.1, 0.15) is 5.69 Å². The van der Waals surface area contributed by atoms with Crippen molar-refractivity contribution in [1.29, 1.82) is 0 Å². The van der Waals surface area contributed by atoms with E-state index in [-0.39, 0.29) is 5.56 Å².